The highest BCUT2D eigenvalue weighted by molar-refractivity contribution is 5.39. The molecule has 0 saturated heterocycles. The monoisotopic (exact) mass is 235 g/mol. The Morgan fingerprint density at radius 2 is 2.00 bits per heavy atom. The van der Waals surface area contributed by atoms with Crippen LogP contribution in [0.5, 0.6) is 0 Å². The molecular formula is C14H25N3. The van der Waals surface area contributed by atoms with Gasteiger partial charge in [0.25, 0.3) is 0 Å². The van der Waals surface area contributed by atoms with E-state index < -0.39 is 0 Å². The van der Waals surface area contributed by atoms with E-state index in [1.165, 1.54) is 0 Å². The van der Waals surface area contributed by atoms with Gasteiger partial charge < -0.3 is 10.2 Å². The van der Waals surface area contributed by atoms with Crippen molar-refractivity contribution in [2.75, 3.05) is 18.5 Å². The highest BCUT2D eigenvalue weighted by Crippen LogP contribution is 2.17. The van der Waals surface area contributed by atoms with Crippen molar-refractivity contribution in [3.8, 4) is 0 Å². The molecule has 0 aliphatic heterocycles. The minimum Gasteiger partial charge on any atom is -0.357 e. The Balaban J connectivity index is 2.76. The topological polar surface area (TPSA) is 28.2 Å². The van der Waals surface area contributed by atoms with E-state index in [4.69, 9.17) is 0 Å². The van der Waals surface area contributed by atoms with Crippen LogP contribution < -0.4 is 10.2 Å². The van der Waals surface area contributed by atoms with Gasteiger partial charge in [0.2, 0.25) is 0 Å². The Labute approximate surface area is 105 Å². The van der Waals surface area contributed by atoms with Crippen molar-refractivity contribution in [3.05, 3.63) is 23.9 Å². The van der Waals surface area contributed by atoms with Crippen LogP contribution in [0, 0.1) is 5.92 Å². The van der Waals surface area contributed by atoms with E-state index in [1.807, 2.05) is 0 Å². The molecule has 1 unspecified atom stereocenters. The third-order valence-electron chi connectivity index (χ3n) is 3.29. The van der Waals surface area contributed by atoms with Crippen molar-refractivity contribution in [1.82, 2.24) is 10.3 Å². The highest BCUT2D eigenvalue weighted by Gasteiger charge is 2.14. The van der Waals surface area contributed by atoms with Crippen LogP contribution >= 0.6 is 0 Å². The number of hydrogen-bond donors (Lipinski definition) is 1. The first-order valence-corrected chi connectivity index (χ1v) is 6.45. The predicted octanol–water partition coefficient (Wildman–Crippen LogP) is 2.67. The molecule has 96 valence electrons. The second kappa shape index (κ2) is 6.60. The van der Waals surface area contributed by atoms with Gasteiger partial charge in [0.15, 0.2) is 0 Å². The average Bonchev–Trinajstić information content (AvgIpc) is 2.34. The number of hydrogen-bond acceptors (Lipinski definition) is 3. The minimum absolute atomic E-state index is 0.497. The lowest BCUT2D eigenvalue weighted by Gasteiger charge is -2.29. The van der Waals surface area contributed by atoms with E-state index in [0.717, 1.165) is 24.6 Å². The van der Waals surface area contributed by atoms with Gasteiger partial charge >= 0.3 is 0 Å². The fourth-order valence-electron chi connectivity index (χ4n) is 1.67. The smallest absolute Gasteiger partial charge is 0.128 e. The lowest BCUT2D eigenvalue weighted by Crippen LogP contribution is -2.33. The maximum atomic E-state index is 4.68. The molecule has 0 fully saturated rings. The molecule has 0 aliphatic rings. The van der Waals surface area contributed by atoms with Crippen molar-refractivity contribution in [2.45, 2.75) is 40.3 Å². The van der Waals surface area contributed by atoms with Gasteiger partial charge in [0, 0.05) is 19.6 Å². The Morgan fingerprint density at radius 3 is 2.59 bits per heavy atom. The summed E-state index contributed by atoms with van der Waals surface area (Å²) >= 11 is 0. The molecule has 3 heteroatoms. The fourth-order valence-corrected chi connectivity index (χ4v) is 1.67. The van der Waals surface area contributed by atoms with Crippen LogP contribution in [-0.2, 0) is 6.54 Å². The van der Waals surface area contributed by atoms with E-state index in [0.29, 0.717) is 12.0 Å². The van der Waals surface area contributed by atoms with Gasteiger partial charge in [0.05, 0.1) is 5.69 Å². The molecule has 0 aromatic carbocycles. The van der Waals surface area contributed by atoms with E-state index in [2.05, 4.69) is 68.1 Å². The van der Waals surface area contributed by atoms with E-state index in [9.17, 15) is 0 Å². The number of nitrogens with zero attached hydrogens (tertiary/aromatic N) is 2. The molecule has 0 amide bonds. The van der Waals surface area contributed by atoms with Gasteiger partial charge in [-0.25, -0.2) is 4.98 Å². The summed E-state index contributed by atoms with van der Waals surface area (Å²) in [6.45, 7) is 10.6. The van der Waals surface area contributed by atoms with Gasteiger partial charge in [-0.15, -0.1) is 0 Å². The third kappa shape index (κ3) is 4.00. The van der Waals surface area contributed by atoms with Crippen LogP contribution in [-0.4, -0.2) is 24.6 Å². The van der Waals surface area contributed by atoms with Crippen LogP contribution in [0.3, 0.4) is 0 Å². The first-order valence-electron chi connectivity index (χ1n) is 6.45. The van der Waals surface area contributed by atoms with Crippen LogP contribution in [0.1, 0.15) is 33.4 Å². The van der Waals surface area contributed by atoms with Crippen LogP contribution in [0.25, 0.3) is 0 Å². The lowest BCUT2D eigenvalue weighted by atomic mass is 10.1. The summed E-state index contributed by atoms with van der Waals surface area (Å²) < 4.78 is 0. The molecule has 0 radical (unpaired) electrons. The van der Waals surface area contributed by atoms with Crippen molar-refractivity contribution in [2.24, 2.45) is 5.92 Å². The normalized spacial score (nSPS) is 12.8. The zero-order valence-electron chi connectivity index (χ0n) is 11.7. The number of aromatic nitrogens is 1. The number of rotatable bonds is 6. The molecule has 1 aromatic heterocycles. The lowest BCUT2D eigenvalue weighted by molar-refractivity contribution is 0.502. The van der Waals surface area contributed by atoms with Crippen molar-refractivity contribution < 1.29 is 0 Å². The summed E-state index contributed by atoms with van der Waals surface area (Å²) in [5, 5.41) is 3.30. The fraction of sp³-hybridized carbons (Fsp3) is 0.643. The Kier molecular flexibility index (Phi) is 5.42. The number of anilines is 1. The number of nitrogens with one attached hydrogen (secondary N) is 1. The van der Waals surface area contributed by atoms with Gasteiger partial charge in [-0.3, -0.25) is 0 Å². The molecular weight excluding hydrogens is 210 g/mol. The zero-order valence-corrected chi connectivity index (χ0v) is 11.7. The van der Waals surface area contributed by atoms with Gasteiger partial charge in [-0.05, 0) is 31.5 Å². The molecule has 0 saturated carbocycles. The molecule has 1 rings (SSSR count). The molecule has 3 nitrogen and oxygen atoms in total. The summed E-state index contributed by atoms with van der Waals surface area (Å²) in [6, 6.07) is 6.73. The molecule has 0 spiro atoms. The van der Waals surface area contributed by atoms with E-state index in [1.54, 1.807) is 0 Å². The Morgan fingerprint density at radius 1 is 1.29 bits per heavy atom. The van der Waals surface area contributed by atoms with Crippen LogP contribution in [0.4, 0.5) is 5.82 Å². The molecule has 0 aliphatic carbocycles. The van der Waals surface area contributed by atoms with Crippen molar-refractivity contribution in [1.29, 1.82) is 0 Å². The second-order valence-corrected chi connectivity index (χ2v) is 4.86. The molecule has 1 atom stereocenters. The first-order chi connectivity index (χ1) is 8.06. The predicted molar refractivity (Wildman–Crippen MR) is 74.3 cm³/mol. The molecule has 1 aromatic rings. The standard InChI is InChI=1S/C14H25N3/c1-6-15-10-13-8-7-9-14(16-13)17(5)12(4)11(2)3/h7-9,11-12,15H,6,10H2,1-5H3. The summed E-state index contributed by atoms with van der Waals surface area (Å²) in [6.07, 6.45) is 0. The molecule has 17 heavy (non-hydrogen) atoms. The maximum Gasteiger partial charge on any atom is 0.128 e. The molecule has 1 N–H and O–H groups in total. The van der Waals surface area contributed by atoms with Crippen LogP contribution in [0.15, 0.2) is 18.2 Å². The Bertz CT molecular complexity index is 336. The highest BCUT2D eigenvalue weighted by atomic mass is 15.2. The van der Waals surface area contributed by atoms with Crippen molar-refractivity contribution >= 4 is 5.82 Å². The molecule has 0 bridgehead atoms. The SMILES string of the molecule is CCNCc1cccc(N(C)C(C)C(C)C)n1. The first kappa shape index (κ1) is 14.0. The van der Waals surface area contributed by atoms with Crippen LogP contribution in [0.2, 0.25) is 0 Å². The average molecular weight is 235 g/mol. The minimum atomic E-state index is 0.497. The van der Waals surface area contributed by atoms with Gasteiger partial charge in [-0.1, -0.05) is 26.8 Å². The summed E-state index contributed by atoms with van der Waals surface area (Å²) in [4.78, 5) is 6.93. The summed E-state index contributed by atoms with van der Waals surface area (Å²) in [7, 11) is 2.12. The zero-order chi connectivity index (χ0) is 12.8. The largest absolute Gasteiger partial charge is 0.357 e. The third-order valence-corrected chi connectivity index (χ3v) is 3.29. The number of pyridine rings is 1. The molecule has 1 heterocycles. The maximum absolute atomic E-state index is 4.68. The Hall–Kier alpha value is -1.09. The van der Waals surface area contributed by atoms with Crippen molar-refractivity contribution in [3.63, 3.8) is 0 Å². The van der Waals surface area contributed by atoms with Gasteiger partial charge in [0.1, 0.15) is 5.82 Å². The van der Waals surface area contributed by atoms with E-state index in [-0.39, 0.29) is 0 Å². The summed E-state index contributed by atoms with van der Waals surface area (Å²) in [5.41, 5.74) is 1.10. The summed E-state index contributed by atoms with van der Waals surface area (Å²) in [5.74, 6) is 1.68. The second-order valence-electron chi connectivity index (χ2n) is 4.86. The van der Waals surface area contributed by atoms with E-state index >= 15 is 0 Å². The quantitative estimate of drug-likeness (QED) is 0.821. The van der Waals surface area contributed by atoms with Gasteiger partial charge in [-0.2, -0.15) is 0 Å².